The molecule has 120 valence electrons. The predicted molar refractivity (Wildman–Crippen MR) is 82.2 cm³/mol. The molecule has 5 nitrogen and oxygen atoms in total. The van der Waals surface area contributed by atoms with Gasteiger partial charge in [-0.2, -0.15) is 0 Å². The summed E-state index contributed by atoms with van der Waals surface area (Å²) in [6, 6.07) is 3.72. The highest BCUT2D eigenvalue weighted by molar-refractivity contribution is 4.96. The van der Waals surface area contributed by atoms with E-state index in [1.54, 1.807) is 6.26 Å². The zero-order valence-corrected chi connectivity index (χ0v) is 13.0. The van der Waals surface area contributed by atoms with E-state index in [1.807, 2.05) is 12.1 Å². The summed E-state index contributed by atoms with van der Waals surface area (Å²) in [6.45, 7) is 9.27. The summed E-state index contributed by atoms with van der Waals surface area (Å²) < 4.78 is 10.7. The predicted octanol–water partition coefficient (Wildman–Crippen LogP) is 1.57. The van der Waals surface area contributed by atoms with Gasteiger partial charge in [0.15, 0.2) is 0 Å². The molecule has 0 aliphatic carbocycles. The Hall–Kier alpha value is -0.880. The summed E-state index contributed by atoms with van der Waals surface area (Å²) in [5.41, 5.74) is 0. The third-order valence-corrected chi connectivity index (χ3v) is 3.82. The number of aliphatic hydroxyl groups excluding tert-OH is 1. The number of hydrogen-bond donors (Lipinski definition) is 1. The summed E-state index contributed by atoms with van der Waals surface area (Å²) in [5.74, 6) is 0.798. The molecular formula is C16H28N2O3. The third kappa shape index (κ3) is 6.18. The number of ether oxygens (including phenoxy) is 1. The highest BCUT2D eigenvalue weighted by Crippen LogP contribution is 2.06. The third-order valence-electron chi connectivity index (χ3n) is 3.82. The molecule has 0 spiro atoms. The van der Waals surface area contributed by atoms with Gasteiger partial charge in [-0.25, -0.2) is 0 Å². The summed E-state index contributed by atoms with van der Waals surface area (Å²) >= 11 is 0. The monoisotopic (exact) mass is 296 g/mol. The fourth-order valence-electron chi connectivity index (χ4n) is 2.79. The Labute approximate surface area is 127 Å². The molecule has 0 aromatic carbocycles. The van der Waals surface area contributed by atoms with E-state index in [0.29, 0.717) is 19.8 Å². The van der Waals surface area contributed by atoms with Gasteiger partial charge in [0.25, 0.3) is 0 Å². The lowest BCUT2D eigenvalue weighted by Crippen LogP contribution is -2.37. The number of rotatable bonds is 8. The molecule has 1 atom stereocenters. The van der Waals surface area contributed by atoms with Crippen LogP contribution < -0.4 is 0 Å². The van der Waals surface area contributed by atoms with Crippen molar-refractivity contribution >= 4 is 0 Å². The second kappa shape index (κ2) is 9.20. The maximum atomic E-state index is 10.1. The highest BCUT2D eigenvalue weighted by Gasteiger charge is 2.17. The standard InChI is InChI=1S/C16H28N2O3/c1-2-6-17-7-4-8-18(10-9-17)12-15(19)13-20-14-16-5-3-11-21-16/h3,5,11,15,19H,2,4,6-10,12-14H2,1H3. The van der Waals surface area contributed by atoms with Crippen LogP contribution in [-0.4, -0.2) is 66.9 Å². The molecule has 2 heterocycles. The van der Waals surface area contributed by atoms with E-state index in [-0.39, 0.29) is 0 Å². The van der Waals surface area contributed by atoms with Crippen molar-refractivity contribution in [3.05, 3.63) is 24.2 Å². The van der Waals surface area contributed by atoms with Gasteiger partial charge in [0.05, 0.1) is 19.0 Å². The van der Waals surface area contributed by atoms with Crippen molar-refractivity contribution in [2.45, 2.75) is 32.5 Å². The first-order valence-corrected chi connectivity index (χ1v) is 8.01. The minimum absolute atomic E-state index is 0.357. The molecule has 0 radical (unpaired) electrons. The zero-order chi connectivity index (χ0) is 14.9. The number of β-amino-alcohol motifs (C(OH)–C–C–N with tert-alkyl or cyclic N) is 1. The van der Waals surface area contributed by atoms with Gasteiger partial charge in [-0.05, 0) is 44.6 Å². The molecule has 1 aromatic rings. The molecule has 1 aliphatic rings. The summed E-state index contributed by atoms with van der Waals surface area (Å²) in [7, 11) is 0. The second-order valence-corrected chi connectivity index (χ2v) is 5.74. The number of hydrogen-bond acceptors (Lipinski definition) is 5. The largest absolute Gasteiger partial charge is 0.467 e. The number of nitrogens with zero attached hydrogens (tertiary/aromatic N) is 2. The van der Waals surface area contributed by atoms with E-state index < -0.39 is 6.10 Å². The van der Waals surface area contributed by atoms with Crippen LogP contribution in [0.5, 0.6) is 0 Å². The molecule has 2 rings (SSSR count). The van der Waals surface area contributed by atoms with Crippen molar-refractivity contribution in [2.75, 3.05) is 45.9 Å². The molecule has 1 fully saturated rings. The van der Waals surface area contributed by atoms with Crippen LogP contribution in [0.15, 0.2) is 22.8 Å². The minimum atomic E-state index is -0.433. The Morgan fingerprint density at radius 3 is 2.86 bits per heavy atom. The van der Waals surface area contributed by atoms with Crippen LogP contribution >= 0.6 is 0 Å². The summed E-state index contributed by atoms with van der Waals surface area (Å²) in [4.78, 5) is 4.86. The molecule has 5 heteroatoms. The Kier molecular flexibility index (Phi) is 7.23. The van der Waals surface area contributed by atoms with Gasteiger partial charge in [-0.3, -0.25) is 4.90 Å². The van der Waals surface area contributed by atoms with Crippen LogP contribution in [0.25, 0.3) is 0 Å². The van der Waals surface area contributed by atoms with Crippen molar-refractivity contribution < 1.29 is 14.3 Å². The quantitative estimate of drug-likeness (QED) is 0.789. The first kappa shape index (κ1) is 16.5. The number of aliphatic hydroxyl groups is 1. The maximum absolute atomic E-state index is 10.1. The molecule has 0 bridgehead atoms. The Balaban J connectivity index is 1.61. The highest BCUT2D eigenvalue weighted by atomic mass is 16.5. The minimum Gasteiger partial charge on any atom is -0.467 e. The van der Waals surface area contributed by atoms with Crippen molar-refractivity contribution in [3.63, 3.8) is 0 Å². The molecule has 1 unspecified atom stereocenters. The van der Waals surface area contributed by atoms with Crippen molar-refractivity contribution in [1.82, 2.24) is 9.80 Å². The Morgan fingerprint density at radius 2 is 2.10 bits per heavy atom. The topological polar surface area (TPSA) is 49.1 Å². The van der Waals surface area contributed by atoms with Gasteiger partial charge in [0, 0.05) is 19.6 Å². The van der Waals surface area contributed by atoms with E-state index in [1.165, 1.54) is 25.9 Å². The first-order chi connectivity index (χ1) is 10.3. The van der Waals surface area contributed by atoms with E-state index in [2.05, 4.69) is 16.7 Å². The molecule has 1 N–H and O–H groups in total. The van der Waals surface area contributed by atoms with Crippen LogP contribution in [0.1, 0.15) is 25.5 Å². The van der Waals surface area contributed by atoms with Crippen LogP contribution in [0.3, 0.4) is 0 Å². The number of furan rings is 1. The fourth-order valence-corrected chi connectivity index (χ4v) is 2.79. The van der Waals surface area contributed by atoms with Crippen molar-refractivity contribution in [3.8, 4) is 0 Å². The second-order valence-electron chi connectivity index (χ2n) is 5.74. The van der Waals surface area contributed by atoms with Gasteiger partial charge in [-0.15, -0.1) is 0 Å². The Morgan fingerprint density at radius 1 is 1.29 bits per heavy atom. The van der Waals surface area contributed by atoms with E-state index in [0.717, 1.165) is 25.4 Å². The van der Waals surface area contributed by atoms with E-state index >= 15 is 0 Å². The van der Waals surface area contributed by atoms with Gasteiger partial charge >= 0.3 is 0 Å². The van der Waals surface area contributed by atoms with E-state index in [9.17, 15) is 5.11 Å². The van der Waals surface area contributed by atoms with Crippen molar-refractivity contribution in [1.29, 1.82) is 0 Å². The van der Waals surface area contributed by atoms with Crippen LogP contribution in [0, 0.1) is 0 Å². The lowest BCUT2D eigenvalue weighted by atomic mass is 10.3. The summed E-state index contributed by atoms with van der Waals surface area (Å²) in [5, 5.41) is 10.1. The smallest absolute Gasteiger partial charge is 0.129 e. The van der Waals surface area contributed by atoms with Gasteiger partial charge in [0.1, 0.15) is 12.4 Å². The SMILES string of the molecule is CCCN1CCCN(CC(O)COCc2ccco2)CC1. The average molecular weight is 296 g/mol. The molecule has 1 aliphatic heterocycles. The maximum Gasteiger partial charge on any atom is 0.129 e. The van der Waals surface area contributed by atoms with Gasteiger partial charge in [-0.1, -0.05) is 6.92 Å². The molecule has 1 aromatic heterocycles. The lowest BCUT2D eigenvalue weighted by Gasteiger charge is -2.23. The fraction of sp³-hybridized carbons (Fsp3) is 0.750. The van der Waals surface area contributed by atoms with Crippen LogP contribution in [0.2, 0.25) is 0 Å². The lowest BCUT2D eigenvalue weighted by molar-refractivity contribution is 0.00567. The molecule has 0 amide bonds. The summed E-state index contributed by atoms with van der Waals surface area (Å²) in [6.07, 6.45) is 3.59. The van der Waals surface area contributed by atoms with Gasteiger partial charge < -0.3 is 19.2 Å². The van der Waals surface area contributed by atoms with Crippen molar-refractivity contribution in [2.24, 2.45) is 0 Å². The van der Waals surface area contributed by atoms with E-state index in [4.69, 9.17) is 9.15 Å². The first-order valence-electron chi connectivity index (χ1n) is 8.01. The molecule has 21 heavy (non-hydrogen) atoms. The normalized spacial score (nSPS) is 19.5. The van der Waals surface area contributed by atoms with Crippen LogP contribution in [0.4, 0.5) is 0 Å². The molecular weight excluding hydrogens is 268 g/mol. The van der Waals surface area contributed by atoms with Crippen LogP contribution in [-0.2, 0) is 11.3 Å². The molecule has 1 saturated heterocycles. The van der Waals surface area contributed by atoms with Gasteiger partial charge in [0.2, 0.25) is 0 Å². The average Bonchev–Trinajstić information content (AvgIpc) is 2.88. The Bertz CT molecular complexity index is 370. The zero-order valence-electron chi connectivity index (χ0n) is 13.0. The molecule has 0 saturated carbocycles.